The summed E-state index contributed by atoms with van der Waals surface area (Å²) in [4.78, 5) is 0. The number of hydrogen-bond acceptors (Lipinski definition) is 1. The molecule has 0 spiro atoms. The fraction of sp³-hybridized carbons (Fsp3) is 0.188. The molecule has 0 bridgehead atoms. The normalized spacial score (nSPS) is 12.6. The SMILES string of the molecule is C[C@H](NC(=S)Nc1ccc(Cl)c(C(F)(F)F)c1)c1ccccc1. The molecule has 0 aromatic heterocycles. The molecule has 0 radical (unpaired) electrons. The van der Waals surface area contributed by atoms with E-state index in [0.29, 0.717) is 0 Å². The summed E-state index contributed by atoms with van der Waals surface area (Å²) in [6.45, 7) is 1.91. The number of halogens is 4. The molecule has 2 aromatic rings. The zero-order valence-corrected chi connectivity index (χ0v) is 13.7. The minimum Gasteiger partial charge on any atom is -0.356 e. The molecule has 0 aliphatic rings. The van der Waals surface area contributed by atoms with Crippen molar-refractivity contribution in [2.75, 3.05) is 5.32 Å². The molecule has 2 nitrogen and oxygen atoms in total. The zero-order valence-electron chi connectivity index (χ0n) is 12.1. The summed E-state index contributed by atoms with van der Waals surface area (Å²) in [5.41, 5.74) is 0.339. The van der Waals surface area contributed by atoms with Gasteiger partial charge < -0.3 is 10.6 Å². The third kappa shape index (κ3) is 4.84. The van der Waals surface area contributed by atoms with Crippen LogP contribution in [0.2, 0.25) is 5.02 Å². The van der Waals surface area contributed by atoms with Gasteiger partial charge in [0.15, 0.2) is 5.11 Å². The number of benzene rings is 2. The van der Waals surface area contributed by atoms with Crippen LogP contribution in [0.5, 0.6) is 0 Å². The first-order valence-electron chi connectivity index (χ1n) is 6.76. The van der Waals surface area contributed by atoms with Crippen molar-refractivity contribution in [1.82, 2.24) is 5.32 Å². The second-order valence-corrected chi connectivity index (χ2v) is 5.74. The highest BCUT2D eigenvalue weighted by atomic mass is 35.5. The van der Waals surface area contributed by atoms with Gasteiger partial charge in [-0.25, -0.2) is 0 Å². The lowest BCUT2D eigenvalue weighted by Gasteiger charge is -2.18. The van der Waals surface area contributed by atoms with Gasteiger partial charge in [-0.05, 0) is 42.9 Å². The van der Waals surface area contributed by atoms with Gasteiger partial charge >= 0.3 is 6.18 Å². The lowest BCUT2D eigenvalue weighted by Crippen LogP contribution is -2.31. The number of nitrogens with one attached hydrogen (secondary N) is 2. The van der Waals surface area contributed by atoms with E-state index in [1.54, 1.807) is 0 Å². The maximum atomic E-state index is 12.8. The molecule has 0 heterocycles. The third-order valence-corrected chi connectivity index (χ3v) is 3.73. The Bertz CT molecular complexity index is 689. The Morgan fingerprint density at radius 2 is 1.78 bits per heavy atom. The van der Waals surface area contributed by atoms with Gasteiger partial charge in [0.1, 0.15) is 0 Å². The van der Waals surface area contributed by atoms with Gasteiger partial charge in [0.05, 0.1) is 16.6 Å². The van der Waals surface area contributed by atoms with Crippen LogP contribution >= 0.6 is 23.8 Å². The summed E-state index contributed by atoms with van der Waals surface area (Å²) < 4.78 is 38.5. The Labute approximate surface area is 142 Å². The van der Waals surface area contributed by atoms with E-state index < -0.39 is 11.7 Å². The van der Waals surface area contributed by atoms with E-state index in [1.165, 1.54) is 12.1 Å². The second kappa shape index (κ2) is 7.19. The standard InChI is InChI=1S/C16H14ClF3N2S/c1-10(11-5-3-2-4-6-11)21-15(23)22-12-7-8-14(17)13(9-12)16(18,19)20/h2-10H,1H3,(H2,21,22,23)/t10-/m0/s1. The third-order valence-electron chi connectivity index (χ3n) is 3.18. The fourth-order valence-electron chi connectivity index (χ4n) is 2.01. The van der Waals surface area contributed by atoms with E-state index in [0.717, 1.165) is 11.6 Å². The van der Waals surface area contributed by atoms with Crippen LogP contribution in [-0.4, -0.2) is 5.11 Å². The molecule has 0 fully saturated rings. The maximum Gasteiger partial charge on any atom is 0.417 e. The zero-order chi connectivity index (χ0) is 17.0. The molecule has 2 N–H and O–H groups in total. The molecule has 23 heavy (non-hydrogen) atoms. The molecule has 7 heteroatoms. The monoisotopic (exact) mass is 358 g/mol. The number of alkyl halides is 3. The molecule has 122 valence electrons. The van der Waals surface area contributed by atoms with Gasteiger partial charge in [-0.1, -0.05) is 41.9 Å². The number of thiocarbonyl (C=S) groups is 1. The largest absolute Gasteiger partial charge is 0.417 e. The number of hydrogen-bond donors (Lipinski definition) is 2. The average molecular weight is 359 g/mol. The molecule has 1 atom stereocenters. The van der Waals surface area contributed by atoms with Crippen LogP contribution in [0.15, 0.2) is 48.5 Å². The maximum absolute atomic E-state index is 12.8. The highest BCUT2D eigenvalue weighted by molar-refractivity contribution is 7.80. The average Bonchev–Trinajstić information content (AvgIpc) is 2.49. The van der Waals surface area contributed by atoms with Crippen molar-refractivity contribution in [2.24, 2.45) is 0 Å². The fourth-order valence-corrected chi connectivity index (χ4v) is 2.53. The Morgan fingerprint density at radius 3 is 2.39 bits per heavy atom. The quantitative estimate of drug-likeness (QED) is 0.718. The lowest BCUT2D eigenvalue weighted by molar-refractivity contribution is -0.137. The van der Waals surface area contributed by atoms with Gasteiger partial charge in [-0.15, -0.1) is 0 Å². The van der Waals surface area contributed by atoms with Gasteiger partial charge in [0.2, 0.25) is 0 Å². The summed E-state index contributed by atoms with van der Waals surface area (Å²) in [6, 6.07) is 13.1. The van der Waals surface area contributed by atoms with Gasteiger partial charge in [0.25, 0.3) is 0 Å². The summed E-state index contributed by atoms with van der Waals surface area (Å²) in [7, 11) is 0. The molecule has 2 rings (SSSR count). The summed E-state index contributed by atoms with van der Waals surface area (Å²) in [5, 5.41) is 5.65. The molecule has 2 aromatic carbocycles. The Kier molecular flexibility index (Phi) is 5.49. The van der Waals surface area contributed by atoms with E-state index in [-0.39, 0.29) is 21.9 Å². The van der Waals surface area contributed by atoms with Crippen LogP contribution in [0, 0.1) is 0 Å². The number of rotatable bonds is 3. The second-order valence-electron chi connectivity index (χ2n) is 4.92. The molecule has 0 unspecified atom stereocenters. The topological polar surface area (TPSA) is 24.1 Å². The first-order valence-corrected chi connectivity index (χ1v) is 7.55. The van der Waals surface area contributed by atoms with E-state index >= 15 is 0 Å². The summed E-state index contributed by atoms with van der Waals surface area (Å²) in [6.07, 6.45) is -4.51. The summed E-state index contributed by atoms with van der Waals surface area (Å²) in [5.74, 6) is 0. The van der Waals surface area contributed by atoms with Crippen molar-refractivity contribution in [2.45, 2.75) is 19.1 Å². The van der Waals surface area contributed by atoms with Gasteiger partial charge in [-0.3, -0.25) is 0 Å². The van der Waals surface area contributed by atoms with E-state index in [1.807, 2.05) is 37.3 Å². The van der Waals surface area contributed by atoms with Crippen LogP contribution < -0.4 is 10.6 Å². The molecular formula is C16H14ClF3N2S. The highest BCUT2D eigenvalue weighted by Gasteiger charge is 2.33. The first kappa shape index (κ1) is 17.6. The molecule has 0 amide bonds. The molecule has 0 aliphatic carbocycles. The van der Waals surface area contributed by atoms with Gasteiger partial charge in [0, 0.05) is 5.69 Å². The highest BCUT2D eigenvalue weighted by Crippen LogP contribution is 2.36. The molecule has 0 aliphatic heterocycles. The van der Waals surface area contributed by atoms with Crippen molar-refractivity contribution in [3.8, 4) is 0 Å². The van der Waals surface area contributed by atoms with E-state index in [9.17, 15) is 13.2 Å². The van der Waals surface area contributed by atoms with Crippen LogP contribution in [-0.2, 0) is 6.18 Å². The smallest absolute Gasteiger partial charge is 0.356 e. The van der Waals surface area contributed by atoms with Crippen molar-refractivity contribution < 1.29 is 13.2 Å². The van der Waals surface area contributed by atoms with Crippen LogP contribution in [0.4, 0.5) is 18.9 Å². The number of anilines is 1. The lowest BCUT2D eigenvalue weighted by atomic mass is 10.1. The van der Waals surface area contributed by atoms with Crippen molar-refractivity contribution in [3.05, 3.63) is 64.7 Å². The predicted octanol–water partition coefficient (Wildman–Crippen LogP) is 5.41. The van der Waals surface area contributed by atoms with E-state index in [2.05, 4.69) is 10.6 Å². The first-order chi connectivity index (χ1) is 10.8. The predicted molar refractivity (Wildman–Crippen MR) is 90.7 cm³/mol. The minimum absolute atomic E-state index is 0.0782. The van der Waals surface area contributed by atoms with Crippen LogP contribution in [0.3, 0.4) is 0 Å². The Morgan fingerprint density at radius 1 is 1.13 bits per heavy atom. The minimum atomic E-state index is -4.51. The Balaban J connectivity index is 2.06. The molecular weight excluding hydrogens is 345 g/mol. The van der Waals surface area contributed by atoms with Crippen molar-refractivity contribution in [1.29, 1.82) is 0 Å². The van der Waals surface area contributed by atoms with E-state index in [4.69, 9.17) is 23.8 Å². The summed E-state index contributed by atoms with van der Waals surface area (Å²) >= 11 is 10.7. The van der Waals surface area contributed by atoms with Gasteiger partial charge in [-0.2, -0.15) is 13.2 Å². The van der Waals surface area contributed by atoms with Crippen molar-refractivity contribution in [3.63, 3.8) is 0 Å². The molecule has 0 saturated heterocycles. The van der Waals surface area contributed by atoms with Crippen LogP contribution in [0.25, 0.3) is 0 Å². The Hall–Kier alpha value is -1.79. The molecule has 0 saturated carbocycles. The van der Waals surface area contributed by atoms with Crippen molar-refractivity contribution >= 4 is 34.6 Å². The van der Waals surface area contributed by atoms with Crippen LogP contribution in [0.1, 0.15) is 24.1 Å².